The van der Waals surface area contributed by atoms with Crippen LogP contribution in [-0.4, -0.2) is 21.3 Å². The molecule has 2 aromatic carbocycles. The van der Waals surface area contributed by atoms with E-state index in [2.05, 4.69) is 15.4 Å². The summed E-state index contributed by atoms with van der Waals surface area (Å²) >= 11 is 0. The summed E-state index contributed by atoms with van der Waals surface area (Å²) in [6.45, 7) is 2.05. The maximum Gasteiger partial charge on any atom is 0.271 e. The van der Waals surface area contributed by atoms with Crippen LogP contribution in [0.3, 0.4) is 0 Å². The summed E-state index contributed by atoms with van der Waals surface area (Å²) in [7, 11) is 0. The Labute approximate surface area is 121 Å². The lowest BCUT2D eigenvalue weighted by molar-refractivity contribution is 0.0996. The van der Waals surface area contributed by atoms with Gasteiger partial charge in [-0.2, -0.15) is 15.4 Å². The molecule has 0 unspecified atom stereocenters. The molecule has 5 nitrogen and oxygen atoms in total. The van der Waals surface area contributed by atoms with E-state index in [-0.39, 0.29) is 5.69 Å². The van der Waals surface area contributed by atoms with Gasteiger partial charge in [-0.3, -0.25) is 4.79 Å². The number of H-pyrrole nitrogens is 1. The normalized spacial score (nSPS) is 10.5. The molecule has 0 aliphatic heterocycles. The van der Waals surface area contributed by atoms with Crippen LogP contribution in [0.15, 0.2) is 48.5 Å². The van der Waals surface area contributed by atoms with E-state index in [1.807, 2.05) is 55.5 Å². The third-order valence-corrected chi connectivity index (χ3v) is 3.40. The minimum Gasteiger partial charge on any atom is -0.364 e. The number of aryl methyl sites for hydroxylation is 1. The quantitative estimate of drug-likeness (QED) is 0.772. The largest absolute Gasteiger partial charge is 0.364 e. The lowest BCUT2D eigenvalue weighted by Gasteiger charge is -2.10. The average Bonchev–Trinajstić information content (AvgIpc) is 2.97. The highest BCUT2D eigenvalue weighted by Crippen LogP contribution is 2.33. The van der Waals surface area contributed by atoms with Gasteiger partial charge >= 0.3 is 0 Å². The Bertz CT molecular complexity index is 807. The zero-order valence-corrected chi connectivity index (χ0v) is 11.5. The molecule has 3 rings (SSSR count). The fourth-order valence-corrected chi connectivity index (χ4v) is 2.39. The van der Waals surface area contributed by atoms with E-state index < -0.39 is 5.91 Å². The van der Waals surface area contributed by atoms with E-state index in [4.69, 9.17) is 5.73 Å². The lowest BCUT2D eigenvalue weighted by atomic mass is 9.94. The van der Waals surface area contributed by atoms with Crippen molar-refractivity contribution in [3.63, 3.8) is 0 Å². The third-order valence-electron chi connectivity index (χ3n) is 3.40. The van der Waals surface area contributed by atoms with E-state index in [1.54, 1.807) is 0 Å². The van der Waals surface area contributed by atoms with Gasteiger partial charge in [0.15, 0.2) is 5.69 Å². The van der Waals surface area contributed by atoms with Crippen LogP contribution in [0, 0.1) is 6.92 Å². The number of amides is 1. The standard InChI is InChI=1S/C16H14N4O/c1-10-6-2-3-7-11(10)12-8-4-5-9-13(12)14-15(16(17)21)19-20-18-14/h2-9H,1H3,(H2,17,21)(H,18,19,20). The van der Waals surface area contributed by atoms with Crippen LogP contribution in [0.5, 0.6) is 0 Å². The number of nitrogens with two attached hydrogens (primary N) is 1. The van der Waals surface area contributed by atoms with E-state index in [0.29, 0.717) is 5.69 Å². The first kappa shape index (κ1) is 13.1. The number of aromatic nitrogens is 3. The van der Waals surface area contributed by atoms with Gasteiger partial charge in [0.1, 0.15) is 5.69 Å². The summed E-state index contributed by atoms with van der Waals surface area (Å²) in [4.78, 5) is 11.5. The first-order valence-electron chi connectivity index (χ1n) is 6.54. The van der Waals surface area contributed by atoms with Crippen molar-refractivity contribution >= 4 is 5.91 Å². The second-order valence-electron chi connectivity index (χ2n) is 4.75. The van der Waals surface area contributed by atoms with Gasteiger partial charge in [-0.05, 0) is 23.6 Å². The molecule has 21 heavy (non-hydrogen) atoms. The highest BCUT2D eigenvalue weighted by Gasteiger charge is 2.18. The van der Waals surface area contributed by atoms with Crippen LogP contribution in [-0.2, 0) is 0 Å². The first-order valence-corrected chi connectivity index (χ1v) is 6.54. The molecule has 0 atom stereocenters. The van der Waals surface area contributed by atoms with Gasteiger partial charge < -0.3 is 5.73 Å². The maximum atomic E-state index is 11.5. The number of hydrogen-bond acceptors (Lipinski definition) is 3. The number of carbonyl (C=O) groups excluding carboxylic acids is 1. The van der Waals surface area contributed by atoms with Crippen LogP contribution in [0.2, 0.25) is 0 Å². The SMILES string of the molecule is Cc1ccccc1-c1ccccc1-c1n[nH]nc1C(N)=O. The van der Waals surface area contributed by atoms with Gasteiger partial charge in [0.2, 0.25) is 0 Å². The molecule has 0 bridgehead atoms. The molecule has 3 N–H and O–H groups in total. The Hall–Kier alpha value is -2.95. The number of nitrogens with one attached hydrogen (secondary N) is 1. The highest BCUT2D eigenvalue weighted by atomic mass is 16.1. The molecule has 0 aliphatic rings. The molecule has 104 valence electrons. The second-order valence-corrected chi connectivity index (χ2v) is 4.75. The van der Waals surface area contributed by atoms with Crippen LogP contribution in [0.1, 0.15) is 16.1 Å². The molecule has 0 aliphatic carbocycles. The van der Waals surface area contributed by atoms with Crippen LogP contribution in [0.4, 0.5) is 0 Å². The van der Waals surface area contributed by atoms with Gasteiger partial charge in [0.25, 0.3) is 5.91 Å². The molecule has 1 amide bonds. The predicted octanol–water partition coefficient (Wildman–Crippen LogP) is 2.55. The number of primary amides is 1. The number of benzene rings is 2. The van der Waals surface area contributed by atoms with Gasteiger partial charge in [0.05, 0.1) is 0 Å². The molecule has 0 radical (unpaired) electrons. The summed E-state index contributed by atoms with van der Waals surface area (Å²) in [6.07, 6.45) is 0. The van der Waals surface area contributed by atoms with Crippen molar-refractivity contribution in [2.75, 3.05) is 0 Å². The minimum atomic E-state index is -0.599. The van der Waals surface area contributed by atoms with Crippen molar-refractivity contribution in [1.82, 2.24) is 15.4 Å². The number of rotatable bonds is 3. The summed E-state index contributed by atoms with van der Waals surface area (Å²) in [5.41, 5.74) is 10.0. The van der Waals surface area contributed by atoms with Crippen molar-refractivity contribution in [1.29, 1.82) is 0 Å². The topological polar surface area (TPSA) is 84.7 Å². The average molecular weight is 278 g/mol. The summed E-state index contributed by atoms with van der Waals surface area (Å²) < 4.78 is 0. The molecule has 1 aromatic heterocycles. The van der Waals surface area contributed by atoms with Crippen molar-refractivity contribution in [2.24, 2.45) is 5.73 Å². The van der Waals surface area contributed by atoms with Crippen LogP contribution >= 0.6 is 0 Å². The van der Waals surface area contributed by atoms with Gasteiger partial charge in [-0.15, -0.1) is 0 Å². The van der Waals surface area contributed by atoms with E-state index >= 15 is 0 Å². The Morgan fingerprint density at radius 3 is 2.24 bits per heavy atom. The fraction of sp³-hybridized carbons (Fsp3) is 0.0625. The fourth-order valence-electron chi connectivity index (χ4n) is 2.39. The molecular weight excluding hydrogens is 264 g/mol. The summed E-state index contributed by atoms with van der Waals surface area (Å²) in [5.74, 6) is -0.599. The van der Waals surface area contributed by atoms with E-state index in [9.17, 15) is 4.79 Å². The Morgan fingerprint density at radius 2 is 1.57 bits per heavy atom. The van der Waals surface area contributed by atoms with Gasteiger partial charge in [-0.25, -0.2) is 0 Å². The molecule has 5 heteroatoms. The summed E-state index contributed by atoms with van der Waals surface area (Å²) in [5, 5.41) is 10.4. The molecule has 3 aromatic rings. The minimum absolute atomic E-state index is 0.149. The first-order chi connectivity index (χ1) is 10.2. The predicted molar refractivity (Wildman–Crippen MR) is 80.5 cm³/mol. The van der Waals surface area contributed by atoms with E-state index in [0.717, 1.165) is 22.3 Å². The number of nitrogens with zero attached hydrogens (tertiary/aromatic N) is 2. The Morgan fingerprint density at radius 1 is 0.952 bits per heavy atom. The van der Waals surface area contributed by atoms with Gasteiger partial charge in [0, 0.05) is 5.56 Å². The summed E-state index contributed by atoms with van der Waals surface area (Å²) in [6, 6.07) is 15.8. The molecular formula is C16H14N4O. The number of hydrogen-bond donors (Lipinski definition) is 2. The van der Waals surface area contributed by atoms with Crippen molar-refractivity contribution < 1.29 is 4.79 Å². The molecule has 0 fully saturated rings. The number of carbonyl (C=O) groups is 1. The maximum absolute atomic E-state index is 11.5. The van der Waals surface area contributed by atoms with Crippen molar-refractivity contribution in [3.05, 3.63) is 59.8 Å². The molecule has 0 saturated heterocycles. The van der Waals surface area contributed by atoms with Crippen LogP contribution in [0.25, 0.3) is 22.4 Å². The second kappa shape index (κ2) is 5.20. The van der Waals surface area contributed by atoms with Crippen LogP contribution < -0.4 is 5.73 Å². The number of aromatic amines is 1. The zero-order valence-electron chi connectivity index (χ0n) is 11.5. The molecule has 0 spiro atoms. The third kappa shape index (κ3) is 2.29. The van der Waals surface area contributed by atoms with Crippen molar-refractivity contribution in [2.45, 2.75) is 6.92 Å². The molecule has 1 heterocycles. The Balaban J connectivity index is 2.24. The lowest BCUT2D eigenvalue weighted by Crippen LogP contribution is -2.12. The molecule has 0 saturated carbocycles. The Kier molecular flexibility index (Phi) is 3.23. The monoisotopic (exact) mass is 278 g/mol. The van der Waals surface area contributed by atoms with Gasteiger partial charge in [-0.1, -0.05) is 48.5 Å². The van der Waals surface area contributed by atoms with Crippen molar-refractivity contribution in [3.8, 4) is 22.4 Å². The smallest absolute Gasteiger partial charge is 0.271 e. The highest BCUT2D eigenvalue weighted by molar-refractivity contribution is 5.99. The zero-order chi connectivity index (χ0) is 14.8. The van der Waals surface area contributed by atoms with E-state index in [1.165, 1.54) is 0 Å².